The van der Waals surface area contributed by atoms with Gasteiger partial charge in [0.05, 0.1) is 0 Å². The molecule has 1 atom stereocenters. The highest BCUT2D eigenvalue weighted by Gasteiger charge is 2.52. The Morgan fingerprint density at radius 3 is 1.71 bits per heavy atom. The van der Waals surface area contributed by atoms with Gasteiger partial charge in [0.2, 0.25) is 0 Å². The molecular weight excluding hydrogens is 360 g/mol. The van der Waals surface area contributed by atoms with Crippen LogP contribution in [0.1, 0.15) is 126 Å². The SMILES string of the molecule is CCCCCCCCCC(C)CC(C)(C)[Si](CC(CC)CC)(OCC)OCC. The molecule has 0 N–H and O–H groups in total. The van der Waals surface area contributed by atoms with E-state index in [1.54, 1.807) is 0 Å². The second kappa shape index (κ2) is 15.9. The van der Waals surface area contributed by atoms with Crippen LogP contribution < -0.4 is 0 Å². The van der Waals surface area contributed by atoms with Crippen molar-refractivity contribution in [2.24, 2.45) is 11.8 Å². The van der Waals surface area contributed by atoms with Crippen LogP contribution in [0.5, 0.6) is 0 Å². The predicted octanol–water partition coefficient (Wildman–Crippen LogP) is 8.88. The normalized spacial score (nSPS) is 14.0. The van der Waals surface area contributed by atoms with Crippen molar-refractivity contribution in [1.82, 2.24) is 0 Å². The van der Waals surface area contributed by atoms with Gasteiger partial charge in [-0.15, -0.1) is 0 Å². The lowest BCUT2D eigenvalue weighted by Gasteiger charge is -2.45. The molecule has 0 spiro atoms. The average molecular weight is 415 g/mol. The topological polar surface area (TPSA) is 18.5 Å². The van der Waals surface area contributed by atoms with E-state index in [1.807, 2.05) is 0 Å². The van der Waals surface area contributed by atoms with Gasteiger partial charge in [-0.05, 0) is 38.1 Å². The van der Waals surface area contributed by atoms with Gasteiger partial charge in [0.25, 0.3) is 0 Å². The Kier molecular flexibility index (Phi) is 16.0. The van der Waals surface area contributed by atoms with Crippen molar-refractivity contribution < 1.29 is 8.85 Å². The van der Waals surface area contributed by atoms with Gasteiger partial charge in [0.15, 0.2) is 0 Å². The minimum Gasteiger partial charge on any atom is -0.394 e. The van der Waals surface area contributed by atoms with Crippen LogP contribution in [-0.2, 0) is 8.85 Å². The standard InChI is InChI=1S/C25H54O2Si/c1-9-14-15-16-17-18-19-20-23(6)21-25(7,8)28(26-12-4,27-13-5)22-24(10-2)11-3/h23-24H,9-22H2,1-8H3. The smallest absolute Gasteiger partial charge is 0.344 e. The van der Waals surface area contributed by atoms with Gasteiger partial charge in [-0.1, -0.05) is 106 Å². The molecule has 0 aliphatic rings. The van der Waals surface area contributed by atoms with E-state index < -0.39 is 8.56 Å². The first-order valence-electron chi connectivity index (χ1n) is 12.6. The summed E-state index contributed by atoms with van der Waals surface area (Å²) in [4.78, 5) is 0. The van der Waals surface area contributed by atoms with Crippen molar-refractivity contribution >= 4 is 8.56 Å². The number of rotatable bonds is 19. The van der Waals surface area contributed by atoms with E-state index in [0.29, 0.717) is 0 Å². The molecule has 0 saturated heterocycles. The van der Waals surface area contributed by atoms with Gasteiger partial charge in [-0.25, -0.2) is 0 Å². The highest BCUT2D eigenvalue weighted by Crippen LogP contribution is 2.48. The number of hydrogen-bond donors (Lipinski definition) is 0. The summed E-state index contributed by atoms with van der Waals surface area (Å²) in [5.74, 6) is 1.47. The van der Waals surface area contributed by atoms with Crippen LogP contribution >= 0.6 is 0 Å². The number of hydrogen-bond acceptors (Lipinski definition) is 2. The van der Waals surface area contributed by atoms with Gasteiger partial charge in [-0.3, -0.25) is 0 Å². The molecule has 0 aliphatic heterocycles. The lowest BCUT2D eigenvalue weighted by atomic mass is 9.92. The molecule has 0 radical (unpaired) electrons. The Bertz CT molecular complexity index is 346. The fourth-order valence-corrected chi connectivity index (χ4v) is 9.41. The summed E-state index contributed by atoms with van der Waals surface area (Å²) < 4.78 is 13.1. The van der Waals surface area contributed by atoms with E-state index in [2.05, 4.69) is 55.4 Å². The Morgan fingerprint density at radius 1 is 0.750 bits per heavy atom. The van der Waals surface area contributed by atoms with Crippen LogP contribution in [0.4, 0.5) is 0 Å². The molecule has 2 nitrogen and oxygen atoms in total. The fourth-order valence-electron chi connectivity index (χ4n) is 4.83. The Balaban J connectivity index is 4.83. The van der Waals surface area contributed by atoms with Crippen molar-refractivity contribution in [1.29, 1.82) is 0 Å². The highest BCUT2D eigenvalue weighted by molar-refractivity contribution is 6.70. The maximum atomic E-state index is 6.57. The quantitative estimate of drug-likeness (QED) is 0.155. The maximum Gasteiger partial charge on any atom is 0.344 e. The Morgan fingerprint density at radius 2 is 1.25 bits per heavy atom. The maximum absolute atomic E-state index is 6.57. The molecule has 0 rings (SSSR count). The molecule has 3 heteroatoms. The third-order valence-corrected chi connectivity index (χ3v) is 11.5. The minimum atomic E-state index is -2.26. The minimum absolute atomic E-state index is 0.155. The molecule has 0 aliphatic carbocycles. The Labute approximate surface area is 179 Å². The molecule has 170 valence electrons. The van der Waals surface area contributed by atoms with E-state index in [9.17, 15) is 0 Å². The van der Waals surface area contributed by atoms with Crippen LogP contribution in [0.3, 0.4) is 0 Å². The number of unbranched alkanes of at least 4 members (excludes halogenated alkanes) is 6. The fraction of sp³-hybridized carbons (Fsp3) is 1.00. The largest absolute Gasteiger partial charge is 0.394 e. The molecule has 0 aromatic carbocycles. The second-order valence-electron chi connectivity index (χ2n) is 9.61. The summed E-state index contributed by atoms with van der Waals surface area (Å²) in [5, 5.41) is 0.155. The van der Waals surface area contributed by atoms with Crippen molar-refractivity contribution in [3.8, 4) is 0 Å². The van der Waals surface area contributed by atoms with Crippen LogP contribution in [0.25, 0.3) is 0 Å². The first-order valence-corrected chi connectivity index (χ1v) is 14.6. The summed E-state index contributed by atoms with van der Waals surface area (Å²) >= 11 is 0. The summed E-state index contributed by atoms with van der Waals surface area (Å²) in [5.41, 5.74) is 0. The van der Waals surface area contributed by atoms with Crippen LogP contribution in [0, 0.1) is 11.8 Å². The van der Waals surface area contributed by atoms with Crippen molar-refractivity contribution in [3.63, 3.8) is 0 Å². The third-order valence-electron chi connectivity index (χ3n) is 6.66. The summed E-state index contributed by atoms with van der Waals surface area (Å²) in [7, 11) is -2.26. The molecular formula is C25H54O2Si. The first-order chi connectivity index (χ1) is 13.3. The molecule has 0 fully saturated rings. The Hall–Kier alpha value is 0.137. The van der Waals surface area contributed by atoms with E-state index in [-0.39, 0.29) is 5.04 Å². The monoisotopic (exact) mass is 414 g/mol. The van der Waals surface area contributed by atoms with Gasteiger partial charge in [0, 0.05) is 18.3 Å². The lowest BCUT2D eigenvalue weighted by molar-refractivity contribution is 0.143. The van der Waals surface area contributed by atoms with Gasteiger partial charge < -0.3 is 8.85 Å². The van der Waals surface area contributed by atoms with Crippen molar-refractivity contribution in [3.05, 3.63) is 0 Å². The van der Waals surface area contributed by atoms with Crippen LogP contribution in [0.2, 0.25) is 11.1 Å². The zero-order chi connectivity index (χ0) is 21.5. The molecule has 28 heavy (non-hydrogen) atoms. The average Bonchev–Trinajstić information content (AvgIpc) is 2.65. The highest BCUT2D eigenvalue weighted by atomic mass is 28.4. The van der Waals surface area contributed by atoms with Crippen molar-refractivity contribution in [2.75, 3.05) is 13.2 Å². The van der Waals surface area contributed by atoms with Gasteiger partial charge in [0.1, 0.15) is 0 Å². The molecule has 0 saturated carbocycles. The summed E-state index contributed by atoms with van der Waals surface area (Å²) in [6, 6.07) is 1.15. The van der Waals surface area contributed by atoms with Gasteiger partial charge in [-0.2, -0.15) is 0 Å². The molecule has 0 aromatic rings. The van der Waals surface area contributed by atoms with Crippen molar-refractivity contribution in [2.45, 2.75) is 137 Å². The molecule has 0 aromatic heterocycles. The predicted molar refractivity (Wildman–Crippen MR) is 128 cm³/mol. The third kappa shape index (κ3) is 10.3. The second-order valence-corrected chi connectivity index (χ2v) is 13.5. The molecule has 0 bridgehead atoms. The zero-order valence-corrected chi connectivity index (χ0v) is 21.9. The van der Waals surface area contributed by atoms with E-state index in [1.165, 1.54) is 70.6 Å². The summed E-state index contributed by atoms with van der Waals surface area (Å²) in [6.45, 7) is 20.1. The molecule has 0 amide bonds. The van der Waals surface area contributed by atoms with E-state index >= 15 is 0 Å². The summed E-state index contributed by atoms with van der Waals surface area (Å²) in [6.07, 6.45) is 14.8. The van der Waals surface area contributed by atoms with E-state index in [4.69, 9.17) is 8.85 Å². The molecule has 1 unspecified atom stereocenters. The van der Waals surface area contributed by atoms with Gasteiger partial charge >= 0.3 is 8.56 Å². The van der Waals surface area contributed by atoms with E-state index in [0.717, 1.165) is 31.1 Å². The lowest BCUT2D eigenvalue weighted by Crippen LogP contribution is -2.53. The first kappa shape index (κ1) is 28.1. The molecule has 0 heterocycles. The van der Waals surface area contributed by atoms with Crippen LogP contribution in [0.15, 0.2) is 0 Å². The zero-order valence-electron chi connectivity index (χ0n) is 20.9. The van der Waals surface area contributed by atoms with Crippen LogP contribution in [-0.4, -0.2) is 21.8 Å².